The maximum Gasteiger partial charge on any atom is 0.257 e. The topological polar surface area (TPSA) is 62.7 Å². The number of carbonyl (C=O) groups excluding carboxylic acids is 1. The molecule has 1 N–H and O–H groups in total. The number of morpholine rings is 1. The average molecular weight is 336 g/mol. The van der Waals surface area contributed by atoms with E-state index in [2.05, 4.69) is 20.9 Å². The number of rotatable bonds is 2. The fourth-order valence-electron chi connectivity index (χ4n) is 1.80. The van der Waals surface area contributed by atoms with Crippen LogP contribution in [0.15, 0.2) is 16.7 Å². The Labute approximate surface area is 118 Å². The zero-order valence-electron chi connectivity index (χ0n) is 9.47. The Morgan fingerprint density at radius 1 is 1.72 bits per heavy atom. The largest absolute Gasteiger partial charge is 0.394 e. The number of aliphatic hydroxyl groups is 1. The molecule has 1 amide bonds. The summed E-state index contributed by atoms with van der Waals surface area (Å²) in [5.41, 5.74) is 0.325. The van der Waals surface area contributed by atoms with Crippen LogP contribution >= 0.6 is 27.5 Å². The zero-order chi connectivity index (χ0) is 13.1. The molecule has 0 bridgehead atoms. The van der Waals surface area contributed by atoms with E-state index in [1.807, 2.05) is 0 Å². The maximum atomic E-state index is 12.4. The van der Waals surface area contributed by atoms with E-state index < -0.39 is 0 Å². The number of halogens is 2. The van der Waals surface area contributed by atoms with Gasteiger partial charge in [0.1, 0.15) is 5.15 Å². The highest BCUT2D eigenvalue weighted by Gasteiger charge is 2.29. The van der Waals surface area contributed by atoms with Gasteiger partial charge >= 0.3 is 0 Å². The van der Waals surface area contributed by atoms with Crippen molar-refractivity contribution in [2.45, 2.75) is 6.04 Å². The molecule has 0 radical (unpaired) electrons. The van der Waals surface area contributed by atoms with Crippen LogP contribution in [0.5, 0.6) is 0 Å². The monoisotopic (exact) mass is 334 g/mol. The van der Waals surface area contributed by atoms with Gasteiger partial charge in [0.05, 0.1) is 31.4 Å². The Bertz CT molecular complexity index is 458. The lowest BCUT2D eigenvalue weighted by Gasteiger charge is -2.34. The minimum Gasteiger partial charge on any atom is -0.394 e. The van der Waals surface area contributed by atoms with Crippen molar-refractivity contribution < 1.29 is 14.6 Å². The molecular weight excluding hydrogens is 323 g/mol. The number of ether oxygens (including phenoxy) is 1. The lowest BCUT2D eigenvalue weighted by Crippen LogP contribution is -2.50. The highest BCUT2D eigenvalue weighted by atomic mass is 79.9. The summed E-state index contributed by atoms with van der Waals surface area (Å²) in [5.74, 6) is -0.240. The van der Waals surface area contributed by atoms with Gasteiger partial charge in [-0.3, -0.25) is 4.79 Å². The first kappa shape index (κ1) is 13.7. The second-order valence-corrected chi connectivity index (χ2v) is 5.18. The molecule has 5 nitrogen and oxygen atoms in total. The second kappa shape index (κ2) is 5.97. The summed E-state index contributed by atoms with van der Waals surface area (Å²) in [6.07, 6.45) is 1.53. The molecule has 1 unspecified atom stereocenters. The van der Waals surface area contributed by atoms with Gasteiger partial charge in [-0.05, 0) is 22.0 Å². The summed E-state index contributed by atoms with van der Waals surface area (Å²) in [7, 11) is 0. The molecule has 2 rings (SSSR count). The second-order valence-electron chi connectivity index (χ2n) is 3.90. The Hall–Kier alpha value is -0.690. The van der Waals surface area contributed by atoms with Crippen molar-refractivity contribution in [3.8, 4) is 0 Å². The van der Waals surface area contributed by atoms with Gasteiger partial charge in [-0.15, -0.1) is 0 Å². The minimum absolute atomic E-state index is 0.134. The van der Waals surface area contributed by atoms with Gasteiger partial charge in [-0.1, -0.05) is 11.6 Å². The first-order valence-electron chi connectivity index (χ1n) is 5.44. The fourth-order valence-corrected chi connectivity index (χ4v) is 2.32. The Balaban J connectivity index is 2.26. The molecule has 0 aliphatic carbocycles. The molecule has 18 heavy (non-hydrogen) atoms. The molecule has 1 aromatic rings. The number of hydrogen-bond acceptors (Lipinski definition) is 4. The average Bonchev–Trinajstić information content (AvgIpc) is 2.40. The highest BCUT2D eigenvalue weighted by molar-refractivity contribution is 9.10. The summed E-state index contributed by atoms with van der Waals surface area (Å²) in [4.78, 5) is 17.8. The summed E-state index contributed by atoms with van der Waals surface area (Å²) in [6, 6.07) is 1.29. The van der Waals surface area contributed by atoms with E-state index in [4.69, 9.17) is 16.3 Å². The van der Waals surface area contributed by atoms with Crippen LogP contribution in [-0.4, -0.2) is 53.3 Å². The quantitative estimate of drug-likeness (QED) is 0.828. The maximum absolute atomic E-state index is 12.4. The predicted molar refractivity (Wildman–Crippen MR) is 69.7 cm³/mol. The third-order valence-corrected chi connectivity index (χ3v) is 3.47. The number of pyridine rings is 1. The van der Waals surface area contributed by atoms with Gasteiger partial charge in [0.25, 0.3) is 5.91 Å². The van der Waals surface area contributed by atoms with Gasteiger partial charge in [0.15, 0.2) is 0 Å². The van der Waals surface area contributed by atoms with Crippen LogP contribution in [0.25, 0.3) is 0 Å². The number of aromatic nitrogens is 1. The van der Waals surface area contributed by atoms with E-state index in [-0.39, 0.29) is 23.7 Å². The third-order valence-electron chi connectivity index (χ3n) is 2.74. The molecule has 1 aliphatic rings. The Kier molecular flexibility index (Phi) is 4.55. The zero-order valence-corrected chi connectivity index (χ0v) is 11.8. The molecule has 0 spiro atoms. The third kappa shape index (κ3) is 2.83. The van der Waals surface area contributed by atoms with Crippen molar-refractivity contribution in [1.82, 2.24) is 9.88 Å². The van der Waals surface area contributed by atoms with E-state index in [0.717, 1.165) is 0 Å². The van der Waals surface area contributed by atoms with Crippen LogP contribution < -0.4 is 0 Å². The lowest BCUT2D eigenvalue weighted by atomic mass is 10.2. The van der Waals surface area contributed by atoms with E-state index in [1.54, 1.807) is 11.0 Å². The first-order chi connectivity index (χ1) is 8.63. The standard InChI is InChI=1S/C11H12BrClN2O3/c12-7-3-9(10(13)14-4-7)11(17)15-1-2-18-6-8(15)5-16/h3-4,8,16H,1-2,5-6H2. The molecule has 1 saturated heterocycles. The fraction of sp³-hybridized carbons (Fsp3) is 0.455. The van der Waals surface area contributed by atoms with E-state index in [0.29, 0.717) is 29.8 Å². The lowest BCUT2D eigenvalue weighted by molar-refractivity contribution is -0.0184. The summed E-state index contributed by atoms with van der Waals surface area (Å²) >= 11 is 9.18. The van der Waals surface area contributed by atoms with Crippen LogP contribution in [0.4, 0.5) is 0 Å². The van der Waals surface area contributed by atoms with Gasteiger partial charge in [-0.25, -0.2) is 4.98 Å². The van der Waals surface area contributed by atoms with Crippen molar-refractivity contribution in [2.75, 3.05) is 26.4 Å². The molecule has 2 heterocycles. The van der Waals surface area contributed by atoms with Crippen molar-refractivity contribution in [3.05, 3.63) is 27.5 Å². The smallest absolute Gasteiger partial charge is 0.257 e. The van der Waals surface area contributed by atoms with Crippen molar-refractivity contribution in [1.29, 1.82) is 0 Å². The van der Waals surface area contributed by atoms with Crippen LogP contribution in [0.2, 0.25) is 5.15 Å². The number of carbonyl (C=O) groups is 1. The van der Waals surface area contributed by atoms with Crippen LogP contribution in [0.3, 0.4) is 0 Å². The molecule has 1 fully saturated rings. The Morgan fingerprint density at radius 2 is 2.50 bits per heavy atom. The van der Waals surface area contributed by atoms with Crippen LogP contribution in [0.1, 0.15) is 10.4 Å². The highest BCUT2D eigenvalue weighted by Crippen LogP contribution is 2.21. The summed E-state index contributed by atoms with van der Waals surface area (Å²) < 4.78 is 5.92. The molecule has 1 atom stereocenters. The van der Waals surface area contributed by atoms with E-state index >= 15 is 0 Å². The number of amides is 1. The predicted octanol–water partition coefficient (Wildman–Crippen LogP) is 1.33. The molecule has 1 aromatic heterocycles. The molecule has 7 heteroatoms. The van der Waals surface area contributed by atoms with Gasteiger partial charge < -0.3 is 14.7 Å². The molecule has 1 aliphatic heterocycles. The van der Waals surface area contributed by atoms with Crippen LogP contribution in [0, 0.1) is 0 Å². The van der Waals surface area contributed by atoms with E-state index in [1.165, 1.54) is 6.20 Å². The molecule has 0 saturated carbocycles. The number of hydrogen-bond donors (Lipinski definition) is 1. The van der Waals surface area contributed by atoms with Crippen molar-refractivity contribution in [3.63, 3.8) is 0 Å². The first-order valence-corrected chi connectivity index (χ1v) is 6.61. The SMILES string of the molecule is O=C(c1cc(Br)cnc1Cl)N1CCOCC1CO. The van der Waals surface area contributed by atoms with Gasteiger partial charge in [0.2, 0.25) is 0 Å². The Morgan fingerprint density at radius 3 is 3.22 bits per heavy atom. The van der Waals surface area contributed by atoms with Crippen molar-refractivity contribution >= 4 is 33.4 Å². The van der Waals surface area contributed by atoms with Crippen molar-refractivity contribution in [2.24, 2.45) is 0 Å². The van der Waals surface area contributed by atoms with Crippen LogP contribution in [-0.2, 0) is 4.74 Å². The molecular formula is C11H12BrClN2O3. The summed E-state index contributed by atoms with van der Waals surface area (Å²) in [6.45, 7) is 1.10. The minimum atomic E-state index is -0.332. The molecule has 98 valence electrons. The number of aliphatic hydroxyl groups excluding tert-OH is 1. The normalized spacial score (nSPS) is 19.9. The molecule has 0 aromatic carbocycles. The van der Waals surface area contributed by atoms with Gasteiger partial charge in [-0.2, -0.15) is 0 Å². The van der Waals surface area contributed by atoms with E-state index in [9.17, 15) is 9.90 Å². The van der Waals surface area contributed by atoms with Gasteiger partial charge in [0, 0.05) is 17.2 Å². The summed E-state index contributed by atoms with van der Waals surface area (Å²) in [5, 5.41) is 9.41. The number of nitrogens with zero attached hydrogens (tertiary/aromatic N) is 2.